The van der Waals surface area contributed by atoms with E-state index in [0.29, 0.717) is 25.4 Å². The van der Waals surface area contributed by atoms with Crippen molar-refractivity contribution in [2.24, 2.45) is 0 Å². The van der Waals surface area contributed by atoms with Gasteiger partial charge in [0, 0.05) is 18.8 Å². The van der Waals surface area contributed by atoms with E-state index in [2.05, 4.69) is 5.32 Å². The molecule has 0 aromatic heterocycles. The van der Waals surface area contributed by atoms with Crippen molar-refractivity contribution in [3.05, 3.63) is 0 Å². The number of rotatable bonds is 1. The highest BCUT2D eigenvalue weighted by Gasteiger charge is 2.44. The Kier molecular flexibility index (Phi) is 3.94. The van der Waals surface area contributed by atoms with Crippen LogP contribution in [0.5, 0.6) is 0 Å². The molecule has 2 heterocycles. The first-order valence-electron chi connectivity index (χ1n) is 7.80. The number of nitrogens with one attached hydrogen (secondary N) is 1. The van der Waals surface area contributed by atoms with E-state index in [-0.39, 0.29) is 23.5 Å². The first-order chi connectivity index (χ1) is 9.92. The molecule has 1 unspecified atom stereocenters. The predicted octanol–water partition coefficient (Wildman–Crippen LogP) is 1.17. The minimum atomic E-state index is -0.436. The lowest BCUT2D eigenvalue weighted by Crippen LogP contribution is -2.61. The summed E-state index contributed by atoms with van der Waals surface area (Å²) in [6.45, 7) is 5.74. The summed E-state index contributed by atoms with van der Waals surface area (Å²) in [4.78, 5) is 26.6. The molecule has 118 valence electrons. The van der Waals surface area contributed by atoms with E-state index >= 15 is 0 Å². The molecule has 1 saturated carbocycles. The first kappa shape index (κ1) is 15.2. The zero-order valence-electron chi connectivity index (χ0n) is 12.8. The van der Waals surface area contributed by atoms with Gasteiger partial charge in [0.1, 0.15) is 6.04 Å². The minimum Gasteiger partial charge on any atom is -0.371 e. The van der Waals surface area contributed by atoms with Gasteiger partial charge < -0.3 is 15.0 Å². The molecule has 3 aliphatic rings. The van der Waals surface area contributed by atoms with Crippen molar-refractivity contribution in [2.45, 2.75) is 55.9 Å². The molecule has 0 radical (unpaired) electrons. The molecular formula is C15H24N2O3S. The number of nitrogens with zero attached hydrogens (tertiary/aromatic N) is 1. The summed E-state index contributed by atoms with van der Waals surface area (Å²) in [6, 6.07) is -0.382. The third-order valence-electron chi connectivity index (χ3n) is 4.84. The van der Waals surface area contributed by atoms with E-state index in [9.17, 15) is 9.59 Å². The largest absolute Gasteiger partial charge is 0.371 e. The van der Waals surface area contributed by atoms with Gasteiger partial charge >= 0.3 is 0 Å². The Labute approximate surface area is 130 Å². The van der Waals surface area contributed by atoms with Crippen molar-refractivity contribution in [2.75, 3.05) is 25.4 Å². The lowest BCUT2D eigenvalue weighted by atomic mass is 9.99. The van der Waals surface area contributed by atoms with Gasteiger partial charge in [-0.1, -0.05) is 12.8 Å². The van der Waals surface area contributed by atoms with Gasteiger partial charge in [-0.2, -0.15) is 0 Å². The van der Waals surface area contributed by atoms with Crippen LogP contribution in [0.2, 0.25) is 0 Å². The van der Waals surface area contributed by atoms with Crippen molar-refractivity contribution in [1.29, 1.82) is 0 Å². The van der Waals surface area contributed by atoms with Crippen molar-refractivity contribution in [3.63, 3.8) is 0 Å². The summed E-state index contributed by atoms with van der Waals surface area (Å²) < 4.78 is 5.53. The Morgan fingerprint density at radius 2 is 2.10 bits per heavy atom. The van der Waals surface area contributed by atoms with Gasteiger partial charge in [-0.05, 0) is 26.7 Å². The Balaban J connectivity index is 1.64. The van der Waals surface area contributed by atoms with Crippen LogP contribution in [0.4, 0.5) is 0 Å². The fourth-order valence-corrected chi connectivity index (χ4v) is 4.44. The van der Waals surface area contributed by atoms with Gasteiger partial charge in [-0.3, -0.25) is 9.59 Å². The van der Waals surface area contributed by atoms with E-state index in [1.165, 1.54) is 12.8 Å². The number of amides is 2. The lowest BCUT2D eigenvalue weighted by molar-refractivity contribution is -0.152. The molecule has 0 bridgehead atoms. The van der Waals surface area contributed by atoms with Crippen LogP contribution in [0.15, 0.2) is 0 Å². The molecule has 2 amide bonds. The standard InChI is InChI=1S/C15H24N2O3S/c1-14(2)13(19)16-11(9-21-14)12(18)17-7-8-20-15(10-17)5-3-4-6-15/h11H,3-10H2,1-2H3,(H,16,19). The van der Waals surface area contributed by atoms with Gasteiger partial charge in [0.05, 0.1) is 17.0 Å². The Bertz CT molecular complexity index is 446. The second-order valence-electron chi connectivity index (χ2n) is 6.85. The Morgan fingerprint density at radius 3 is 2.76 bits per heavy atom. The summed E-state index contributed by atoms with van der Waals surface area (Å²) >= 11 is 1.56. The lowest BCUT2D eigenvalue weighted by Gasteiger charge is -2.42. The van der Waals surface area contributed by atoms with Crippen LogP contribution in [-0.2, 0) is 14.3 Å². The smallest absolute Gasteiger partial charge is 0.246 e. The van der Waals surface area contributed by atoms with Crippen molar-refractivity contribution >= 4 is 23.6 Å². The summed E-state index contributed by atoms with van der Waals surface area (Å²) in [7, 11) is 0. The minimum absolute atomic E-state index is 0.0408. The van der Waals surface area contributed by atoms with Crippen molar-refractivity contribution in [1.82, 2.24) is 10.2 Å². The number of morpholine rings is 1. The van der Waals surface area contributed by atoms with E-state index in [0.717, 1.165) is 12.8 Å². The first-order valence-corrected chi connectivity index (χ1v) is 8.78. The van der Waals surface area contributed by atoms with Gasteiger partial charge in [0.15, 0.2) is 0 Å². The van der Waals surface area contributed by atoms with Crippen LogP contribution < -0.4 is 5.32 Å². The van der Waals surface area contributed by atoms with Crippen LogP contribution in [0.25, 0.3) is 0 Å². The third kappa shape index (κ3) is 2.93. The molecular weight excluding hydrogens is 288 g/mol. The van der Waals surface area contributed by atoms with Crippen LogP contribution in [0, 0.1) is 0 Å². The van der Waals surface area contributed by atoms with Crippen molar-refractivity contribution in [3.8, 4) is 0 Å². The quantitative estimate of drug-likeness (QED) is 0.789. The molecule has 0 aromatic rings. The zero-order valence-corrected chi connectivity index (χ0v) is 13.6. The van der Waals surface area contributed by atoms with Crippen LogP contribution in [-0.4, -0.2) is 58.6 Å². The average Bonchev–Trinajstić information content (AvgIpc) is 2.89. The second kappa shape index (κ2) is 5.47. The molecule has 2 aliphatic heterocycles. The molecule has 3 fully saturated rings. The molecule has 5 nitrogen and oxygen atoms in total. The summed E-state index contributed by atoms with van der Waals surface area (Å²) in [5.74, 6) is 0.670. The number of hydrogen-bond donors (Lipinski definition) is 1. The molecule has 1 atom stereocenters. The fourth-order valence-electron chi connectivity index (χ4n) is 3.44. The topological polar surface area (TPSA) is 58.6 Å². The van der Waals surface area contributed by atoms with Gasteiger partial charge in [0.25, 0.3) is 0 Å². The number of carbonyl (C=O) groups excluding carboxylic acids is 2. The van der Waals surface area contributed by atoms with Gasteiger partial charge in [-0.15, -0.1) is 11.8 Å². The molecule has 21 heavy (non-hydrogen) atoms. The molecule has 1 N–H and O–H groups in total. The number of carbonyl (C=O) groups is 2. The Morgan fingerprint density at radius 1 is 1.38 bits per heavy atom. The Hall–Kier alpha value is -0.750. The highest BCUT2D eigenvalue weighted by molar-refractivity contribution is 8.01. The van der Waals surface area contributed by atoms with Gasteiger partial charge in [-0.25, -0.2) is 0 Å². The van der Waals surface area contributed by atoms with Crippen LogP contribution in [0.3, 0.4) is 0 Å². The number of ether oxygens (including phenoxy) is 1. The highest BCUT2D eigenvalue weighted by atomic mass is 32.2. The number of thioether (sulfide) groups is 1. The normalized spacial score (nSPS) is 31.2. The second-order valence-corrected chi connectivity index (χ2v) is 8.49. The summed E-state index contributed by atoms with van der Waals surface area (Å²) in [6.07, 6.45) is 4.48. The van der Waals surface area contributed by atoms with E-state index in [4.69, 9.17) is 4.74 Å². The maximum Gasteiger partial charge on any atom is 0.246 e. The molecule has 1 spiro atoms. The van der Waals surface area contributed by atoms with E-state index in [1.807, 2.05) is 18.7 Å². The van der Waals surface area contributed by atoms with Crippen molar-refractivity contribution < 1.29 is 14.3 Å². The third-order valence-corrected chi connectivity index (χ3v) is 6.24. The van der Waals surface area contributed by atoms with Crippen LogP contribution >= 0.6 is 11.8 Å². The average molecular weight is 312 g/mol. The molecule has 2 saturated heterocycles. The summed E-state index contributed by atoms with van der Waals surface area (Å²) in [5.41, 5.74) is -0.112. The molecule has 3 rings (SSSR count). The zero-order chi connectivity index (χ0) is 15.1. The number of hydrogen-bond acceptors (Lipinski definition) is 4. The van der Waals surface area contributed by atoms with Gasteiger partial charge in [0.2, 0.25) is 11.8 Å². The molecule has 0 aromatic carbocycles. The van der Waals surface area contributed by atoms with E-state index < -0.39 is 4.75 Å². The summed E-state index contributed by atoms with van der Waals surface area (Å²) in [5, 5.41) is 2.89. The highest BCUT2D eigenvalue weighted by Crippen LogP contribution is 2.36. The SMILES string of the molecule is CC1(C)SCC(C(=O)N2CCOC3(CCCC3)C2)NC1=O. The maximum absolute atomic E-state index is 12.7. The molecule has 6 heteroatoms. The monoisotopic (exact) mass is 312 g/mol. The fraction of sp³-hybridized carbons (Fsp3) is 0.867. The molecule has 1 aliphatic carbocycles. The van der Waals surface area contributed by atoms with Crippen LogP contribution in [0.1, 0.15) is 39.5 Å². The predicted molar refractivity (Wildman–Crippen MR) is 82.2 cm³/mol. The van der Waals surface area contributed by atoms with E-state index in [1.54, 1.807) is 11.8 Å². The maximum atomic E-state index is 12.7.